The number of pyridine rings is 1. The van der Waals surface area contributed by atoms with E-state index in [9.17, 15) is 19.2 Å². The smallest absolute Gasteiger partial charge is 0.262 e. The van der Waals surface area contributed by atoms with E-state index in [2.05, 4.69) is 31.6 Å². The average Bonchev–Trinajstić information content (AvgIpc) is 3.55. The van der Waals surface area contributed by atoms with Crippen molar-refractivity contribution in [3.05, 3.63) is 59.8 Å². The number of amides is 4. The maximum atomic E-state index is 13.1. The molecule has 1 aromatic carbocycles. The van der Waals surface area contributed by atoms with Gasteiger partial charge in [0.05, 0.1) is 34.6 Å². The van der Waals surface area contributed by atoms with Crippen LogP contribution in [0.25, 0.3) is 22.0 Å². The third-order valence-corrected chi connectivity index (χ3v) is 9.27. The summed E-state index contributed by atoms with van der Waals surface area (Å²) in [6, 6.07) is 4.47. The van der Waals surface area contributed by atoms with Crippen molar-refractivity contribution >= 4 is 40.2 Å². The van der Waals surface area contributed by atoms with Gasteiger partial charge in [-0.15, -0.1) is 0 Å². The van der Waals surface area contributed by atoms with Gasteiger partial charge in [0, 0.05) is 66.7 Å². The van der Waals surface area contributed by atoms with Gasteiger partial charge in [-0.25, -0.2) is 0 Å². The molecule has 1 unspecified atom stereocenters. The van der Waals surface area contributed by atoms with Crippen LogP contribution in [0.4, 0.5) is 5.69 Å². The number of hydrogen-bond acceptors (Lipinski definition) is 8. The number of carbonyl (C=O) groups is 4. The minimum Gasteiger partial charge on any atom is -0.385 e. The number of nitrogens with one attached hydrogen (secondary N) is 2. The summed E-state index contributed by atoms with van der Waals surface area (Å²) in [6.45, 7) is 0.732. The number of hydrogen-bond donors (Lipinski definition) is 2. The minimum atomic E-state index is -0.968. The first-order valence-corrected chi connectivity index (χ1v) is 14.8. The lowest BCUT2D eigenvalue weighted by molar-refractivity contribution is -0.136. The van der Waals surface area contributed by atoms with Gasteiger partial charge in [0.1, 0.15) is 6.04 Å². The molecule has 3 fully saturated rings. The highest BCUT2D eigenvalue weighted by Gasteiger charge is 2.44. The van der Waals surface area contributed by atoms with Crippen molar-refractivity contribution in [2.24, 2.45) is 13.0 Å². The molecule has 2 N–H and O–H groups in total. The van der Waals surface area contributed by atoms with Crippen molar-refractivity contribution in [3.63, 3.8) is 0 Å². The second-order valence-corrected chi connectivity index (χ2v) is 12.2. The fourth-order valence-electron chi connectivity index (χ4n) is 6.71. The molecule has 12 heteroatoms. The summed E-state index contributed by atoms with van der Waals surface area (Å²) in [6.07, 6.45) is 12.3. The SMILES string of the molecule is Cn1ncc2cncc(-c3cn(C4CC(CNc5ccc6c(c5)C(=O)N(C5CCC(=O)NC5=O)C6=O)C4)nc3C3CC3)c21. The van der Waals surface area contributed by atoms with E-state index in [1.165, 1.54) is 0 Å². The summed E-state index contributed by atoms with van der Waals surface area (Å²) in [4.78, 5) is 55.4. The van der Waals surface area contributed by atoms with Crippen LogP contribution in [0.2, 0.25) is 0 Å². The minimum absolute atomic E-state index is 0.0957. The molecule has 5 heterocycles. The molecular formula is C31H30N8O4. The van der Waals surface area contributed by atoms with Crippen molar-refractivity contribution < 1.29 is 19.2 Å². The molecule has 2 saturated carbocycles. The van der Waals surface area contributed by atoms with Crippen molar-refractivity contribution in [2.45, 2.75) is 56.5 Å². The Labute approximate surface area is 246 Å². The Morgan fingerprint density at radius 2 is 1.77 bits per heavy atom. The van der Waals surface area contributed by atoms with Crippen molar-refractivity contribution in [1.82, 2.24) is 34.8 Å². The molecule has 4 amide bonds. The summed E-state index contributed by atoms with van der Waals surface area (Å²) in [5.41, 5.74) is 5.76. The Morgan fingerprint density at radius 3 is 2.56 bits per heavy atom. The first kappa shape index (κ1) is 25.8. The van der Waals surface area contributed by atoms with Gasteiger partial charge in [-0.3, -0.25) is 43.7 Å². The molecule has 1 atom stereocenters. The van der Waals surface area contributed by atoms with Crippen molar-refractivity contribution in [2.75, 3.05) is 11.9 Å². The number of piperidine rings is 1. The maximum absolute atomic E-state index is 13.1. The summed E-state index contributed by atoms with van der Waals surface area (Å²) in [7, 11) is 1.96. The fraction of sp³-hybridized carbons (Fsp3) is 0.387. The van der Waals surface area contributed by atoms with Gasteiger partial charge in [-0.1, -0.05) is 0 Å². The predicted octanol–water partition coefficient (Wildman–Crippen LogP) is 3.17. The van der Waals surface area contributed by atoms with Crippen LogP contribution in [0.3, 0.4) is 0 Å². The van der Waals surface area contributed by atoms with Gasteiger partial charge < -0.3 is 5.32 Å². The third kappa shape index (κ3) is 4.23. The molecular weight excluding hydrogens is 548 g/mol. The maximum Gasteiger partial charge on any atom is 0.262 e. The highest BCUT2D eigenvalue weighted by Crippen LogP contribution is 2.46. The molecule has 43 heavy (non-hydrogen) atoms. The van der Waals surface area contributed by atoms with E-state index in [-0.39, 0.29) is 24.0 Å². The van der Waals surface area contributed by atoms with Gasteiger partial charge >= 0.3 is 0 Å². The van der Waals surface area contributed by atoms with E-state index in [0.717, 1.165) is 70.5 Å². The van der Waals surface area contributed by atoms with Crippen molar-refractivity contribution in [1.29, 1.82) is 0 Å². The Hall–Kier alpha value is -4.87. The van der Waals surface area contributed by atoms with Crippen molar-refractivity contribution in [3.8, 4) is 11.1 Å². The number of anilines is 1. The highest BCUT2D eigenvalue weighted by atomic mass is 16.2. The molecule has 4 aromatic rings. The topological polar surface area (TPSA) is 144 Å². The van der Waals surface area contributed by atoms with Gasteiger partial charge in [0.15, 0.2) is 0 Å². The van der Waals surface area contributed by atoms with Crippen LogP contribution in [0.5, 0.6) is 0 Å². The quantitative estimate of drug-likeness (QED) is 0.318. The standard InChI is InChI=1S/C31H30N8O4/c1-37-28-18(13-34-37)12-32-14-23(28)24-15-38(36-27(24)17-2-3-17)20-8-16(9-20)11-33-19-4-5-21-22(10-19)31(43)39(30(21)42)25-6-7-26(40)35-29(25)41/h4-5,10,12-17,20,25,33H,2-3,6-9,11H2,1H3,(H,35,40,41). The van der Waals surface area contributed by atoms with E-state index in [4.69, 9.17) is 5.10 Å². The fourth-order valence-corrected chi connectivity index (χ4v) is 6.71. The average molecular weight is 579 g/mol. The summed E-state index contributed by atoms with van der Waals surface area (Å²) in [5.74, 6) is -1.06. The zero-order chi connectivity index (χ0) is 29.4. The van der Waals surface area contributed by atoms with Gasteiger partial charge in [0.25, 0.3) is 11.8 Å². The third-order valence-electron chi connectivity index (χ3n) is 9.27. The summed E-state index contributed by atoms with van der Waals surface area (Å²) >= 11 is 0. The second-order valence-electron chi connectivity index (χ2n) is 12.2. The molecule has 3 aromatic heterocycles. The largest absolute Gasteiger partial charge is 0.385 e. The number of benzene rings is 1. The normalized spacial score (nSPS) is 23.5. The molecule has 0 spiro atoms. The monoisotopic (exact) mass is 578 g/mol. The van der Waals surface area contributed by atoms with Crippen LogP contribution in [-0.2, 0) is 16.6 Å². The lowest BCUT2D eigenvalue weighted by Crippen LogP contribution is -2.54. The second kappa shape index (κ2) is 9.58. The molecule has 2 aliphatic heterocycles. The van der Waals surface area contributed by atoms with E-state index >= 15 is 0 Å². The lowest BCUT2D eigenvalue weighted by atomic mass is 9.80. The molecule has 4 aliphatic rings. The van der Waals surface area contributed by atoms with Crippen LogP contribution in [0.15, 0.2) is 43.0 Å². The van der Waals surface area contributed by atoms with Gasteiger partial charge in [-0.05, 0) is 56.2 Å². The number of rotatable bonds is 7. The number of aryl methyl sites for hydroxylation is 1. The van der Waals surface area contributed by atoms with Crippen LogP contribution in [0.1, 0.15) is 76.9 Å². The van der Waals surface area contributed by atoms with Crippen LogP contribution >= 0.6 is 0 Å². The Bertz CT molecular complexity index is 1850. The number of fused-ring (bicyclic) bond motifs is 2. The van der Waals surface area contributed by atoms with Crippen LogP contribution in [-0.4, -0.2) is 65.7 Å². The number of imide groups is 2. The molecule has 0 radical (unpaired) electrons. The van der Waals surface area contributed by atoms with Crippen LogP contribution in [0, 0.1) is 5.92 Å². The Morgan fingerprint density at radius 1 is 0.953 bits per heavy atom. The number of carbonyl (C=O) groups excluding carboxylic acids is 4. The molecule has 8 rings (SSSR count). The summed E-state index contributed by atoms with van der Waals surface area (Å²) in [5, 5.41) is 16.2. The molecule has 0 bridgehead atoms. The lowest BCUT2D eigenvalue weighted by Gasteiger charge is -2.35. The molecule has 12 nitrogen and oxygen atoms in total. The van der Waals surface area contributed by atoms with E-state index in [1.807, 2.05) is 30.3 Å². The number of nitrogens with zero attached hydrogens (tertiary/aromatic N) is 6. The van der Waals surface area contributed by atoms with Gasteiger partial charge in [-0.2, -0.15) is 10.2 Å². The van der Waals surface area contributed by atoms with E-state index in [1.54, 1.807) is 18.2 Å². The highest BCUT2D eigenvalue weighted by molar-refractivity contribution is 6.23. The van der Waals surface area contributed by atoms with Gasteiger partial charge in [0.2, 0.25) is 11.8 Å². The van der Waals surface area contributed by atoms with E-state index in [0.29, 0.717) is 17.9 Å². The molecule has 2 aliphatic carbocycles. The first-order valence-electron chi connectivity index (χ1n) is 14.8. The van der Waals surface area contributed by atoms with Crippen LogP contribution < -0.4 is 10.6 Å². The first-order chi connectivity index (χ1) is 20.9. The zero-order valence-corrected chi connectivity index (χ0v) is 23.6. The Kier molecular flexibility index (Phi) is 5.75. The number of aromatic nitrogens is 5. The van der Waals surface area contributed by atoms with E-state index < -0.39 is 29.7 Å². The summed E-state index contributed by atoms with van der Waals surface area (Å²) < 4.78 is 4.04. The molecule has 1 saturated heterocycles. The molecule has 218 valence electrons. The zero-order valence-electron chi connectivity index (χ0n) is 23.6. The predicted molar refractivity (Wildman–Crippen MR) is 155 cm³/mol. The Balaban J connectivity index is 0.937.